The van der Waals surface area contributed by atoms with Crippen molar-refractivity contribution in [3.8, 4) is 5.75 Å². The van der Waals surface area contributed by atoms with Crippen molar-refractivity contribution in [1.82, 2.24) is 9.78 Å². The summed E-state index contributed by atoms with van der Waals surface area (Å²) in [5, 5.41) is 5.66. The van der Waals surface area contributed by atoms with E-state index in [-0.39, 0.29) is 22.8 Å². The molecule has 2 aromatic rings. The van der Waals surface area contributed by atoms with Gasteiger partial charge in [0.1, 0.15) is 11.6 Å². The van der Waals surface area contributed by atoms with Gasteiger partial charge in [0.15, 0.2) is 0 Å². The molecule has 2 N–H and O–H groups in total. The van der Waals surface area contributed by atoms with E-state index in [4.69, 9.17) is 4.74 Å². The normalized spacial score (nSPS) is 18.0. The number of nitrogens with one attached hydrogen (secondary N) is 2. The molecule has 7 heteroatoms. The van der Waals surface area contributed by atoms with Gasteiger partial charge in [-0.2, -0.15) is 0 Å². The molecule has 1 aliphatic heterocycles. The van der Waals surface area contributed by atoms with Gasteiger partial charge in [-0.15, -0.1) is 11.8 Å². The van der Waals surface area contributed by atoms with Crippen LogP contribution in [0.5, 0.6) is 5.75 Å². The van der Waals surface area contributed by atoms with Crippen molar-refractivity contribution >= 4 is 23.5 Å². The molecular formula is C19H25N3O3S. The van der Waals surface area contributed by atoms with Gasteiger partial charge < -0.3 is 10.1 Å². The van der Waals surface area contributed by atoms with Crippen LogP contribution in [-0.4, -0.2) is 28.0 Å². The molecule has 2 atom stereocenters. The molecule has 0 unspecified atom stereocenters. The highest BCUT2D eigenvalue weighted by molar-refractivity contribution is 8.00. The number of H-pyrrole nitrogens is 1. The maximum Gasteiger partial charge on any atom is 0.270 e. The molecule has 0 saturated carbocycles. The quantitative estimate of drug-likeness (QED) is 0.807. The van der Waals surface area contributed by atoms with E-state index in [1.54, 1.807) is 0 Å². The summed E-state index contributed by atoms with van der Waals surface area (Å²) in [5.41, 5.74) is 1.46. The predicted molar refractivity (Wildman–Crippen MR) is 105 cm³/mol. The number of thioether (sulfide) groups is 1. The van der Waals surface area contributed by atoms with Crippen molar-refractivity contribution in [2.45, 2.75) is 44.9 Å². The van der Waals surface area contributed by atoms with Crippen molar-refractivity contribution in [2.75, 3.05) is 17.7 Å². The zero-order valence-corrected chi connectivity index (χ0v) is 16.2. The number of carbonyl (C=O) groups excluding carboxylic acids is 1. The van der Waals surface area contributed by atoms with E-state index in [0.717, 1.165) is 24.2 Å². The molecule has 3 rings (SSSR count). The second-order valence-corrected chi connectivity index (χ2v) is 7.55. The molecule has 0 bridgehead atoms. The molecule has 6 nitrogen and oxygen atoms in total. The molecule has 1 amide bonds. The van der Waals surface area contributed by atoms with Crippen LogP contribution in [0, 0.1) is 0 Å². The number of amides is 1. The number of aromatic nitrogens is 2. The monoisotopic (exact) mass is 375 g/mol. The van der Waals surface area contributed by atoms with E-state index in [9.17, 15) is 9.59 Å². The lowest BCUT2D eigenvalue weighted by Gasteiger charge is -2.17. The number of hydrogen-bond acceptors (Lipinski definition) is 4. The number of benzene rings is 1. The van der Waals surface area contributed by atoms with E-state index < -0.39 is 0 Å². The Morgan fingerprint density at radius 3 is 2.65 bits per heavy atom. The van der Waals surface area contributed by atoms with Gasteiger partial charge in [0.05, 0.1) is 23.2 Å². The molecule has 1 aliphatic rings. The standard InChI is InChI=1S/C19H25N3O3S/c1-4-6-12(3)22-18-16(19(24)21-22)17(26-11-15(23)20-18)13-7-9-14(10-8-13)25-5-2/h7-10,12,17H,4-6,11H2,1-3H3,(H,20,23)(H,21,24)/t12-,17+/m1/s1. The molecular weight excluding hydrogens is 350 g/mol. The zero-order valence-electron chi connectivity index (χ0n) is 15.4. The molecule has 2 heterocycles. The van der Waals surface area contributed by atoms with E-state index in [2.05, 4.69) is 24.3 Å². The Balaban J connectivity index is 2.04. The second-order valence-electron chi connectivity index (χ2n) is 6.45. The Morgan fingerprint density at radius 1 is 1.27 bits per heavy atom. The highest BCUT2D eigenvalue weighted by Crippen LogP contribution is 2.40. The first kappa shape index (κ1) is 18.6. The summed E-state index contributed by atoms with van der Waals surface area (Å²) in [6.45, 7) is 6.71. The van der Waals surface area contributed by atoms with Gasteiger partial charge in [-0.25, -0.2) is 0 Å². The first-order valence-corrected chi connectivity index (χ1v) is 10.1. The number of anilines is 1. The Bertz CT molecular complexity index is 826. The molecule has 0 aliphatic carbocycles. The first-order valence-electron chi connectivity index (χ1n) is 9.03. The number of carbonyl (C=O) groups is 1. The number of fused-ring (bicyclic) bond motifs is 1. The summed E-state index contributed by atoms with van der Waals surface area (Å²) >= 11 is 1.47. The third kappa shape index (κ3) is 3.67. The minimum Gasteiger partial charge on any atom is -0.494 e. The van der Waals surface area contributed by atoms with Crippen LogP contribution in [0.15, 0.2) is 29.1 Å². The van der Waals surface area contributed by atoms with Crippen molar-refractivity contribution in [3.63, 3.8) is 0 Å². The second kappa shape index (κ2) is 8.03. The van der Waals surface area contributed by atoms with Gasteiger partial charge in [-0.3, -0.25) is 19.4 Å². The summed E-state index contributed by atoms with van der Waals surface area (Å²) in [6, 6.07) is 7.86. The van der Waals surface area contributed by atoms with Crippen molar-refractivity contribution < 1.29 is 9.53 Å². The highest BCUT2D eigenvalue weighted by atomic mass is 32.2. The van der Waals surface area contributed by atoms with Crippen LogP contribution in [0.25, 0.3) is 0 Å². The van der Waals surface area contributed by atoms with Crippen LogP contribution >= 0.6 is 11.8 Å². The van der Waals surface area contributed by atoms with E-state index in [1.807, 2.05) is 35.9 Å². The minimum absolute atomic E-state index is 0.0823. The van der Waals surface area contributed by atoms with Crippen LogP contribution in [-0.2, 0) is 4.79 Å². The fourth-order valence-corrected chi connectivity index (χ4v) is 4.42. The van der Waals surface area contributed by atoms with Gasteiger partial charge in [0.2, 0.25) is 5.91 Å². The predicted octanol–water partition coefficient (Wildman–Crippen LogP) is 3.71. The molecule has 140 valence electrons. The van der Waals surface area contributed by atoms with Crippen molar-refractivity contribution in [1.29, 1.82) is 0 Å². The molecule has 0 radical (unpaired) electrons. The third-order valence-electron chi connectivity index (χ3n) is 4.50. The van der Waals surface area contributed by atoms with E-state index >= 15 is 0 Å². The summed E-state index contributed by atoms with van der Waals surface area (Å²) in [5.74, 6) is 1.63. The smallest absolute Gasteiger partial charge is 0.270 e. The van der Waals surface area contributed by atoms with Gasteiger partial charge >= 0.3 is 0 Å². The minimum atomic E-state index is -0.196. The fourth-order valence-electron chi connectivity index (χ4n) is 3.29. The Labute approximate surface area is 157 Å². The van der Waals surface area contributed by atoms with E-state index in [0.29, 0.717) is 23.7 Å². The van der Waals surface area contributed by atoms with Crippen molar-refractivity contribution in [3.05, 3.63) is 45.7 Å². The third-order valence-corrected chi connectivity index (χ3v) is 5.77. The van der Waals surface area contributed by atoms with E-state index in [1.165, 1.54) is 11.8 Å². The number of hydrogen-bond donors (Lipinski definition) is 2. The number of aromatic amines is 1. The Hall–Kier alpha value is -2.15. The van der Waals surface area contributed by atoms with Gasteiger partial charge in [0, 0.05) is 6.04 Å². The summed E-state index contributed by atoms with van der Waals surface area (Å²) in [6.07, 6.45) is 1.93. The molecule has 0 fully saturated rings. The van der Waals surface area contributed by atoms with Crippen LogP contribution in [0.4, 0.5) is 5.82 Å². The number of rotatable bonds is 6. The number of nitrogens with zero attached hydrogens (tertiary/aromatic N) is 1. The van der Waals surface area contributed by atoms with Crippen LogP contribution in [0.1, 0.15) is 56.0 Å². The summed E-state index contributed by atoms with van der Waals surface area (Å²) in [4.78, 5) is 25.0. The largest absolute Gasteiger partial charge is 0.494 e. The first-order chi connectivity index (χ1) is 12.5. The lowest BCUT2D eigenvalue weighted by atomic mass is 10.1. The SMILES string of the molecule is CCC[C@@H](C)n1[nH]c(=O)c2c1NC(=O)CS[C@H]2c1ccc(OCC)cc1. The lowest BCUT2D eigenvalue weighted by Crippen LogP contribution is -2.18. The number of ether oxygens (including phenoxy) is 1. The molecule has 1 aromatic carbocycles. The molecule has 1 aromatic heterocycles. The fraction of sp³-hybridized carbons (Fsp3) is 0.474. The summed E-state index contributed by atoms with van der Waals surface area (Å²) in [7, 11) is 0. The molecule has 0 saturated heterocycles. The highest BCUT2D eigenvalue weighted by Gasteiger charge is 2.31. The maximum absolute atomic E-state index is 12.7. The van der Waals surface area contributed by atoms with Gasteiger partial charge in [0.25, 0.3) is 5.56 Å². The van der Waals surface area contributed by atoms with Crippen LogP contribution in [0.2, 0.25) is 0 Å². The lowest BCUT2D eigenvalue weighted by molar-refractivity contribution is -0.113. The van der Waals surface area contributed by atoms with Gasteiger partial charge in [-0.1, -0.05) is 25.5 Å². The van der Waals surface area contributed by atoms with Crippen LogP contribution in [0.3, 0.4) is 0 Å². The van der Waals surface area contributed by atoms with Gasteiger partial charge in [-0.05, 0) is 38.0 Å². The average molecular weight is 375 g/mol. The summed E-state index contributed by atoms with van der Waals surface area (Å²) < 4.78 is 7.31. The topological polar surface area (TPSA) is 76.1 Å². The zero-order chi connectivity index (χ0) is 18.7. The maximum atomic E-state index is 12.7. The van der Waals surface area contributed by atoms with Crippen LogP contribution < -0.4 is 15.6 Å². The Morgan fingerprint density at radius 2 is 2.00 bits per heavy atom. The Kier molecular flexibility index (Phi) is 5.76. The van der Waals surface area contributed by atoms with Crippen molar-refractivity contribution in [2.24, 2.45) is 0 Å². The molecule has 0 spiro atoms. The molecule has 26 heavy (non-hydrogen) atoms. The average Bonchev–Trinajstić information content (AvgIpc) is 2.83.